The van der Waals surface area contributed by atoms with E-state index < -0.39 is 18.5 Å². The molecule has 0 saturated heterocycles. The number of thiophene rings is 1. The molecule has 2 aromatic rings. The first-order chi connectivity index (χ1) is 12.4. The van der Waals surface area contributed by atoms with E-state index in [1.54, 1.807) is 23.6 Å². The zero-order valence-electron chi connectivity index (χ0n) is 14.4. The predicted octanol–water partition coefficient (Wildman–Crippen LogP) is 3.32. The van der Waals surface area contributed by atoms with Crippen LogP contribution < -0.4 is 10.6 Å². The van der Waals surface area contributed by atoms with E-state index >= 15 is 0 Å². The first-order valence-electron chi connectivity index (χ1n) is 7.90. The normalized spacial score (nSPS) is 10.3. The molecule has 0 saturated carbocycles. The van der Waals surface area contributed by atoms with Crippen molar-refractivity contribution in [2.24, 2.45) is 0 Å². The number of ether oxygens (including phenoxy) is 1. The van der Waals surface area contributed by atoms with Gasteiger partial charge in [0.1, 0.15) is 0 Å². The summed E-state index contributed by atoms with van der Waals surface area (Å²) in [7, 11) is 0. The van der Waals surface area contributed by atoms with E-state index in [2.05, 4.69) is 10.6 Å². The number of hydrogen-bond acceptors (Lipinski definition) is 5. The van der Waals surface area contributed by atoms with Crippen LogP contribution in [0.25, 0.3) is 0 Å². The number of benzene rings is 1. The molecule has 0 bridgehead atoms. The van der Waals surface area contributed by atoms with Crippen molar-refractivity contribution in [3.8, 4) is 0 Å². The molecule has 2 rings (SSSR count). The Balaban J connectivity index is 1.72. The first-order valence-corrected chi connectivity index (χ1v) is 9.16. The highest BCUT2D eigenvalue weighted by atomic mass is 35.5. The molecular weight excluding hydrogens is 376 g/mol. The Morgan fingerprint density at radius 1 is 1.23 bits per heavy atom. The van der Waals surface area contributed by atoms with Gasteiger partial charge in [0.05, 0.1) is 22.0 Å². The molecule has 2 amide bonds. The number of esters is 1. The molecule has 8 heteroatoms. The van der Waals surface area contributed by atoms with Gasteiger partial charge in [-0.3, -0.25) is 14.4 Å². The predicted molar refractivity (Wildman–Crippen MR) is 102 cm³/mol. The summed E-state index contributed by atoms with van der Waals surface area (Å²) >= 11 is 7.44. The van der Waals surface area contributed by atoms with Gasteiger partial charge in [-0.15, -0.1) is 11.3 Å². The third-order valence-electron chi connectivity index (χ3n) is 3.42. The quantitative estimate of drug-likeness (QED) is 0.705. The fraction of sp³-hybridized carbons (Fsp3) is 0.278. The molecule has 0 aliphatic rings. The van der Waals surface area contributed by atoms with Gasteiger partial charge in [0.2, 0.25) is 0 Å². The summed E-state index contributed by atoms with van der Waals surface area (Å²) in [5, 5.41) is 7.48. The van der Waals surface area contributed by atoms with E-state index in [9.17, 15) is 14.4 Å². The summed E-state index contributed by atoms with van der Waals surface area (Å²) < 4.78 is 4.91. The molecule has 26 heavy (non-hydrogen) atoms. The molecular formula is C18H19ClN2O4S. The van der Waals surface area contributed by atoms with Crippen molar-refractivity contribution in [2.45, 2.75) is 20.3 Å². The Morgan fingerprint density at radius 3 is 2.65 bits per heavy atom. The number of carbonyl (C=O) groups excluding carboxylic acids is 3. The van der Waals surface area contributed by atoms with Crippen LogP contribution in [0.2, 0.25) is 5.02 Å². The summed E-state index contributed by atoms with van der Waals surface area (Å²) in [5.41, 5.74) is 2.31. The van der Waals surface area contributed by atoms with Crippen LogP contribution in [0.1, 0.15) is 27.2 Å². The van der Waals surface area contributed by atoms with E-state index in [1.807, 2.05) is 19.9 Å². The lowest BCUT2D eigenvalue weighted by atomic mass is 10.1. The molecule has 0 aliphatic heterocycles. The Labute approximate surface area is 160 Å². The van der Waals surface area contributed by atoms with Crippen LogP contribution in [0.5, 0.6) is 0 Å². The lowest BCUT2D eigenvalue weighted by molar-refractivity contribution is -0.147. The Bertz CT molecular complexity index is 783. The zero-order valence-corrected chi connectivity index (χ0v) is 16.0. The number of amides is 2. The molecule has 1 aromatic carbocycles. The number of rotatable bonds is 7. The lowest BCUT2D eigenvalue weighted by Gasteiger charge is -2.12. The average Bonchev–Trinajstić information content (AvgIpc) is 3.11. The molecule has 0 radical (unpaired) electrons. The van der Waals surface area contributed by atoms with Crippen LogP contribution in [0.3, 0.4) is 0 Å². The zero-order chi connectivity index (χ0) is 19.1. The number of hydrogen-bond donors (Lipinski definition) is 2. The molecule has 0 unspecified atom stereocenters. The molecule has 0 aliphatic carbocycles. The van der Waals surface area contributed by atoms with Gasteiger partial charge in [-0.05, 0) is 42.5 Å². The first kappa shape index (κ1) is 19.9. The largest absolute Gasteiger partial charge is 0.456 e. The smallest absolute Gasteiger partial charge is 0.308 e. The van der Waals surface area contributed by atoms with Crippen LogP contribution in [-0.2, 0) is 14.3 Å². The maximum absolute atomic E-state index is 11.9. The van der Waals surface area contributed by atoms with Crippen molar-refractivity contribution >= 4 is 46.4 Å². The average molecular weight is 395 g/mol. The van der Waals surface area contributed by atoms with Gasteiger partial charge in [-0.2, -0.15) is 0 Å². The van der Waals surface area contributed by atoms with Crippen molar-refractivity contribution < 1.29 is 19.1 Å². The van der Waals surface area contributed by atoms with Gasteiger partial charge in [0.25, 0.3) is 11.8 Å². The summed E-state index contributed by atoms with van der Waals surface area (Å²) in [6, 6.07) is 7.10. The van der Waals surface area contributed by atoms with Crippen LogP contribution >= 0.6 is 22.9 Å². The Morgan fingerprint density at radius 2 is 2.00 bits per heavy atom. The van der Waals surface area contributed by atoms with Crippen LogP contribution in [-0.4, -0.2) is 30.9 Å². The summed E-state index contributed by atoms with van der Waals surface area (Å²) in [6.45, 7) is 3.46. The monoisotopic (exact) mass is 394 g/mol. The maximum atomic E-state index is 11.9. The van der Waals surface area contributed by atoms with Gasteiger partial charge < -0.3 is 15.4 Å². The fourth-order valence-electron chi connectivity index (χ4n) is 2.24. The number of anilines is 1. The minimum Gasteiger partial charge on any atom is -0.456 e. The maximum Gasteiger partial charge on any atom is 0.308 e. The van der Waals surface area contributed by atoms with Crippen molar-refractivity contribution in [3.63, 3.8) is 0 Å². The number of carbonyl (C=O) groups is 3. The highest BCUT2D eigenvalue weighted by Gasteiger charge is 2.12. The molecule has 138 valence electrons. The van der Waals surface area contributed by atoms with Gasteiger partial charge in [-0.25, -0.2) is 0 Å². The molecule has 2 N–H and O–H groups in total. The third kappa shape index (κ3) is 5.86. The van der Waals surface area contributed by atoms with E-state index in [4.69, 9.17) is 16.3 Å². The summed E-state index contributed by atoms with van der Waals surface area (Å²) in [6.07, 6.45) is -0.0191. The number of nitrogens with one attached hydrogen (secondary N) is 2. The molecule has 1 heterocycles. The highest BCUT2D eigenvalue weighted by molar-refractivity contribution is 7.12. The summed E-state index contributed by atoms with van der Waals surface area (Å²) in [4.78, 5) is 35.9. The molecule has 6 nitrogen and oxygen atoms in total. The van der Waals surface area contributed by atoms with Crippen molar-refractivity contribution in [1.82, 2.24) is 5.32 Å². The molecule has 0 spiro atoms. The van der Waals surface area contributed by atoms with E-state index in [-0.39, 0.29) is 18.9 Å². The van der Waals surface area contributed by atoms with Crippen molar-refractivity contribution in [1.29, 1.82) is 0 Å². The SMILES string of the molecule is Cc1cc(C)c(NC(=O)COC(=O)CCNC(=O)c2cccs2)c(Cl)c1. The van der Waals surface area contributed by atoms with Crippen LogP contribution in [0.4, 0.5) is 5.69 Å². The minimum absolute atomic E-state index is 0.0191. The van der Waals surface area contributed by atoms with E-state index in [0.717, 1.165) is 11.1 Å². The Kier molecular flexibility index (Phi) is 7.17. The molecule has 0 fully saturated rings. The standard InChI is InChI=1S/C18H19ClN2O4S/c1-11-8-12(2)17(13(19)9-11)21-15(22)10-25-16(23)5-6-20-18(24)14-4-3-7-26-14/h3-4,7-9H,5-6,10H2,1-2H3,(H,20,24)(H,21,22). The summed E-state index contributed by atoms with van der Waals surface area (Å²) in [5.74, 6) is -1.29. The van der Waals surface area contributed by atoms with E-state index in [1.165, 1.54) is 11.3 Å². The second-order valence-electron chi connectivity index (χ2n) is 5.63. The topological polar surface area (TPSA) is 84.5 Å². The van der Waals surface area contributed by atoms with Crippen LogP contribution in [0, 0.1) is 13.8 Å². The van der Waals surface area contributed by atoms with Crippen LogP contribution in [0.15, 0.2) is 29.6 Å². The third-order valence-corrected chi connectivity index (χ3v) is 4.59. The molecule has 0 atom stereocenters. The Hall–Kier alpha value is -2.38. The second-order valence-corrected chi connectivity index (χ2v) is 6.99. The van der Waals surface area contributed by atoms with Gasteiger partial charge >= 0.3 is 5.97 Å². The van der Waals surface area contributed by atoms with Crippen molar-refractivity contribution in [3.05, 3.63) is 50.7 Å². The second kappa shape index (κ2) is 9.35. The number of aryl methyl sites for hydroxylation is 2. The molecule has 1 aromatic heterocycles. The number of halogens is 1. The fourth-order valence-corrected chi connectivity index (χ4v) is 3.25. The van der Waals surface area contributed by atoms with Gasteiger partial charge in [0, 0.05) is 6.54 Å². The lowest BCUT2D eigenvalue weighted by Crippen LogP contribution is -2.27. The van der Waals surface area contributed by atoms with E-state index in [0.29, 0.717) is 15.6 Å². The van der Waals surface area contributed by atoms with Gasteiger partial charge in [-0.1, -0.05) is 23.7 Å². The highest BCUT2D eigenvalue weighted by Crippen LogP contribution is 2.27. The van der Waals surface area contributed by atoms with Gasteiger partial charge in [0.15, 0.2) is 6.61 Å². The minimum atomic E-state index is -0.571. The van der Waals surface area contributed by atoms with Crippen molar-refractivity contribution in [2.75, 3.05) is 18.5 Å².